The number of ether oxygens (including phenoxy) is 1. The first-order chi connectivity index (χ1) is 9.29. The topological polar surface area (TPSA) is 122 Å². The van der Waals surface area contributed by atoms with Crippen LogP contribution in [-0.4, -0.2) is 64.4 Å². The molecule has 0 aliphatic carbocycles. The smallest absolute Gasteiger partial charge is 0.327 e. The summed E-state index contributed by atoms with van der Waals surface area (Å²) in [5.41, 5.74) is 0. The van der Waals surface area contributed by atoms with Gasteiger partial charge < -0.3 is 20.5 Å². The molecule has 0 bridgehead atoms. The van der Waals surface area contributed by atoms with Crippen molar-refractivity contribution < 1.29 is 28.4 Å². The summed E-state index contributed by atoms with van der Waals surface area (Å²) in [6.07, 6.45) is 0. The lowest BCUT2D eigenvalue weighted by Crippen LogP contribution is -2.46. The molecule has 2 amide bonds. The Kier molecular flexibility index (Phi) is 8.73. The molecule has 0 radical (unpaired) electrons. The largest absolute Gasteiger partial charge is 0.480 e. The van der Waals surface area contributed by atoms with Crippen molar-refractivity contribution in [3.8, 4) is 0 Å². The minimum absolute atomic E-state index is 0.283. The normalized spacial score (nSPS) is 14.9. The first-order valence-corrected chi connectivity index (χ1v) is 7.31. The molecule has 3 atom stereocenters. The van der Waals surface area contributed by atoms with E-state index in [-0.39, 0.29) is 12.3 Å². The third-order valence-corrected chi connectivity index (χ3v) is 4.04. The summed E-state index contributed by atoms with van der Waals surface area (Å²) in [4.78, 5) is 33.4. The zero-order valence-corrected chi connectivity index (χ0v) is 12.5. The van der Waals surface area contributed by atoms with Gasteiger partial charge in [0.15, 0.2) is 0 Å². The van der Waals surface area contributed by atoms with Crippen LogP contribution >= 0.6 is 0 Å². The maximum absolute atomic E-state index is 11.9. The van der Waals surface area contributed by atoms with Crippen LogP contribution in [0.4, 0.5) is 0 Å². The number of rotatable bonds is 9. The Balaban J connectivity index is 4.44. The van der Waals surface area contributed by atoms with Crippen molar-refractivity contribution in [1.82, 2.24) is 10.6 Å². The van der Waals surface area contributed by atoms with Crippen molar-refractivity contribution in [3.63, 3.8) is 0 Å². The van der Waals surface area contributed by atoms with Gasteiger partial charge in [0.2, 0.25) is 11.8 Å². The summed E-state index contributed by atoms with van der Waals surface area (Å²) in [5, 5.41) is 12.7. The zero-order valence-electron chi connectivity index (χ0n) is 11.7. The standard InChI is InChI=1S/C11H20N2O6S/c1-7(10(15)12-4-5-19-3)20(18)6-9(11(16)17)13-8(2)14/h7,9H,4-6H2,1-3H3,(H,12,15)(H,13,14)(H,16,17). The second-order valence-corrected chi connectivity index (χ2v) is 5.87. The van der Waals surface area contributed by atoms with Gasteiger partial charge in [-0.05, 0) is 6.92 Å². The molecule has 9 heteroatoms. The van der Waals surface area contributed by atoms with E-state index in [0.29, 0.717) is 6.61 Å². The van der Waals surface area contributed by atoms with E-state index >= 15 is 0 Å². The van der Waals surface area contributed by atoms with Gasteiger partial charge in [0, 0.05) is 31.4 Å². The molecule has 0 aromatic heterocycles. The number of carbonyl (C=O) groups excluding carboxylic acids is 2. The molecule has 0 spiro atoms. The highest BCUT2D eigenvalue weighted by atomic mass is 32.2. The van der Waals surface area contributed by atoms with Gasteiger partial charge in [0.25, 0.3) is 0 Å². The highest BCUT2D eigenvalue weighted by molar-refractivity contribution is 7.86. The molecule has 3 unspecified atom stereocenters. The molecule has 0 aliphatic heterocycles. The molecule has 0 aliphatic rings. The molecule has 20 heavy (non-hydrogen) atoms. The van der Waals surface area contributed by atoms with Crippen molar-refractivity contribution >= 4 is 28.6 Å². The fourth-order valence-electron chi connectivity index (χ4n) is 1.27. The van der Waals surface area contributed by atoms with Gasteiger partial charge in [-0.3, -0.25) is 13.8 Å². The van der Waals surface area contributed by atoms with Crippen molar-refractivity contribution in [2.45, 2.75) is 25.1 Å². The Hall–Kier alpha value is -1.48. The van der Waals surface area contributed by atoms with Gasteiger partial charge >= 0.3 is 5.97 Å². The van der Waals surface area contributed by atoms with Crippen molar-refractivity contribution in [1.29, 1.82) is 0 Å². The van der Waals surface area contributed by atoms with Crippen molar-refractivity contribution in [2.75, 3.05) is 26.0 Å². The lowest BCUT2D eigenvalue weighted by Gasteiger charge is -2.16. The molecular weight excluding hydrogens is 288 g/mol. The molecule has 0 rings (SSSR count). The monoisotopic (exact) mass is 308 g/mol. The Morgan fingerprint density at radius 2 is 1.95 bits per heavy atom. The van der Waals surface area contributed by atoms with E-state index in [4.69, 9.17) is 9.84 Å². The number of methoxy groups -OCH3 is 1. The summed E-state index contributed by atoms with van der Waals surface area (Å²) in [6.45, 7) is 3.21. The minimum Gasteiger partial charge on any atom is -0.480 e. The number of amides is 2. The van der Waals surface area contributed by atoms with Crippen LogP contribution in [0.1, 0.15) is 13.8 Å². The molecule has 116 valence electrons. The lowest BCUT2D eigenvalue weighted by molar-refractivity contribution is -0.140. The van der Waals surface area contributed by atoms with E-state index in [1.54, 1.807) is 0 Å². The fraction of sp³-hybridized carbons (Fsp3) is 0.727. The summed E-state index contributed by atoms with van der Waals surface area (Å²) in [7, 11) is -0.231. The number of carboxylic acid groups (broad SMARTS) is 1. The van der Waals surface area contributed by atoms with E-state index in [9.17, 15) is 18.6 Å². The van der Waals surface area contributed by atoms with Crippen LogP contribution in [0.2, 0.25) is 0 Å². The molecule has 0 saturated carbocycles. The summed E-state index contributed by atoms with van der Waals surface area (Å²) < 4.78 is 16.7. The van der Waals surface area contributed by atoms with Gasteiger partial charge in [-0.1, -0.05) is 0 Å². The van der Waals surface area contributed by atoms with Crippen LogP contribution < -0.4 is 10.6 Å². The van der Waals surface area contributed by atoms with Crippen LogP contribution in [0, 0.1) is 0 Å². The Morgan fingerprint density at radius 3 is 2.40 bits per heavy atom. The first-order valence-electron chi connectivity index (χ1n) is 5.93. The number of aliphatic carboxylic acids is 1. The summed E-state index contributed by atoms with van der Waals surface area (Å²) in [5.74, 6) is -2.60. The average molecular weight is 308 g/mol. The molecule has 0 saturated heterocycles. The van der Waals surface area contributed by atoms with Crippen LogP contribution in [0.3, 0.4) is 0 Å². The van der Waals surface area contributed by atoms with E-state index in [2.05, 4.69) is 10.6 Å². The van der Waals surface area contributed by atoms with Crippen LogP contribution in [-0.2, 0) is 29.9 Å². The van der Waals surface area contributed by atoms with Crippen LogP contribution in [0.5, 0.6) is 0 Å². The van der Waals surface area contributed by atoms with Gasteiger partial charge in [-0.15, -0.1) is 0 Å². The molecule has 0 heterocycles. The van der Waals surface area contributed by atoms with E-state index < -0.39 is 39.9 Å². The predicted molar refractivity (Wildman–Crippen MR) is 72.6 cm³/mol. The minimum atomic E-state index is -1.72. The van der Waals surface area contributed by atoms with Gasteiger partial charge in [0.1, 0.15) is 11.3 Å². The maximum atomic E-state index is 11.9. The lowest BCUT2D eigenvalue weighted by atomic mass is 10.3. The predicted octanol–water partition coefficient (Wildman–Crippen LogP) is -1.52. The highest BCUT2D eigenvalue weighted by Crippen LogP contribution is 2.00. The highest BCUT2D eigenvalue weighted by Gasteiger charge is 2.27. The molecule has 0 fully saturated rings. The van der Waals surface area contributed by atoms with Crippen molar-refractivity contribution in [3.05, 3.63) is 0 Å². The number of carboxylic acids is 1. The average Bonchev–Trinajstić information content (AvgIpc) is 2.36. The number of nitrogens with one attached hydrogen (secondary N) is 2. The molecule has 0 aromatic rings. The second kappa shape index (κ2) is 9.43. The Morgan fingerprint density at radius 1 is 1.35 bits per heavy atom. The molecule has 0 aromatic carbocycles. The van der Waals surface area contributed by atoms with Gasteiger partial charge in [-0.2, -0.15) is 0 Å². The fourth-order valence-corrected chi connectivity index (χ4v) is 2.43. The Labute approximate surface area is 119 Å². The molecule has 8 nitrogen and oxygen atoms in total. The molecular formula is C11H20N2O6S. The first kappa shape index (κ1) is 18.5. The SMILES string of the molecule is COCCNC(=O)C(C)S(=O)CC(NC(C)=O)C(=O)O. The number of hydrogen-bond acceptors (Lipinski definition) is 5. The third-order valence-electron chi connectivity index (χ3n) is 2.38. The van der Waals surface area contributed by atoms with E-state index in [0.717, 1.165) is 0 Å². The molecule has 3 N–H and O–H groups in total. The van der Waals surface area contributed by atoms with Crippen LogP contribution in [0.15, 0.2) is 0 Å². The summed E-state index contributed by atoms with van der Waals surface area (Å²) >= 11 is 0. The third kappa shape index (κ3) is 7.19. The maximum Gasteiger partial charge on any atom is 0.327 e. The number of hydrogen-bond donors (Lipinski definition) is 3. The van der Waals surface area contributed by atoms with Gasteiger partial charge in [-0.25, -0.2) is 4.79 Å². The zero-order chi connectivity index (χ0) is 15.7. The van der Waals surface area contributed by atoms with Crippen molar-refractivity contribution in [2.24, 2.45) is 0 Å². The van der Waals surface area contributed by atoms with Gasteiger partial charge in [0.05, 0.1) is 12.4 Å². The van der Waals surface area contributed by atoms with E-state index in [1.165, 1.54) is 21.0 Å². The van der Waals surface area contributed by atoms with Crippen LogP contribution in [0.25, 0.3) is 0 Å². The second-order valence-electron chi connectivity index (χ2n) is 4.06. The summed E-state index contributed by atoms with van der Waals surface area (Å²) in [6, 6.07) is -1.28. The Bertz CT molecular complexity index is 387. The number of carbonyl (C=O) groups is 3. The van der Waals surface area contributed by atoms with E-state index in [1.807, 2.05) is 0 Å². The quantitative estimate of drug-likeness (QED) is 0.445.